The molecule has 0 aliphatic carbocycles. The molecule has 4 heteroatoms. The van der Waals surface area contributed by atoms with Crippen LogP contribution in [-0.4, -0.2) is 34.2 Å². The maximum atomic E-state index is 10.8. The molecule has 1 heterocycles. The third kappa shape index (κ3) is 2.33. The molecule has 1 aliphatic heterocycles. The third-order valence-electron chi connectivity index (χ3n) is 3.01. The average molecular weight is 221 g/mol. The van der Waals surface area contributed by atoms with E-state index in [-0.39, 0.29) is 11.7 Å². The lowest BCUT2D eigenvalue weighted by atomic mass is 10.1. The fourth-order valence-electron chi connectivity index (χ4n) is 2.06. The minimum Gasteiger partial charge on any atom is -0.508 e. The van der Waals surface area contributed by atoms with E-state index in [2.05, 4.69) is 4.90 Å². The summed E-state index contributed by atoms with van der Waals surface area (Å²) in [5.41, 5.74) is 0.855. The number of hydrogen-bond acceptors (Lipinski definition) is 3. The second-order valence-corrected chi connectivity index (χ2v) is 4.19. The Morgan fingerprint density at radius 2 is 2.19 bits per heavy atom. The Kier molecular flexibility index (Phi) is 3.10. The summed E-state index contributed by atoms with van der Waals surface area (Å²) in [6.07, 6.45) is 0.697. The van der Waals surface area contributed by atoms with E-state index in [4.69, 9.17) is 5.11 Å². The normalized spacial score (nSPS) is 21.1. The van der Waals surface area contributed by atoms with Gasteiger partial charge in [-0.25, -0.2) is 0 Å². The molecule has 4 nitrogen and oxygen atoms in total. The van der Waals surface area contributed by atoms with E-state index in [0.717, 1.165) is 12.1 Å². The first kappa shape index (κ1) is 11.0. The Hall–Kier alpha value is -1.55. The van der Waals surface area contributed by atoms with Crippen LogP contribution >= 0.6 is 0 Å². The topological polar surface area (TPSA) is 60.8 Å². The summed E-state index contributed by atoms with van der Waals surface area (Å²) in [4.78, 5) is 12.9. The Morgan fingerprint density at radius 3 is 2.81 bits per heavy atom. The van der Waals surface area contributed by atoms with Crippen molar-refractivity contribution in [1.82, 2.24) is 4.90 Å². The summed E-state index contributed by atoms with van der Waals surface area (Å²) in [6.45, 7) is 1.98. The lowest BCUT2D eigenvalue weighted by Gasteiger charge is -2.15. The van der Waals surface area contributed by atoms with E-state index in [1.807, 2.05) is 12.1 Å². The van der Waals surface area contributed by atoms with Crippen molar-refractivity contribution in [1.29, 1.82) is 0 Å². The number of nitrogens with zero attached hydrogens (tertiary/aromatic N) is 1. The van der Waals surface area contributed by atoms with Gasteiger partial charge in [-0.05, 0) is 19.0 Å². The molecule has 0 spiro atoms. The first-order valence-corrected chi connectivity index (χ1v) is 5.39. The number of hydrogen-bond donors (Lipinski definition) is 2. The van der Waals surface area contributed by atoms with Crippen molar-refractivity contribution in [2.45, 2.75) is 13.0 Å². The maximum Gasteiger partial charge on any atom is 0.307 e. The number of aromatic hydroxyl groups is 1. The van der Waals surface area contributed by atoms with Crippen LogP contribution in [0.25, 0.3) is 0 Å². The summed E-state index contributed by atoms with van der Waals surface area (Å²) < 4.78 is 0. The number of likely N-dealkylation sites (tertiary alicyclic amines) is 1. The van der Waals surface area contributed by atoms with Gasteiger partial charge in [0.1, 0.15) is 5.75 Å². The van der Waals surface area contributed by atoms with Crippen molar-refractivity contribution >= 4 is 5.97 Å². The lowest BCUT2D eigenvalue weighted by molar-refractivity contribution is -0.141. The molecule has 16 heavy (non-hydrogen) atoms. The van der Waals surface area contributed by atoms with E-state index in [0.29, 0.717) is 19.5 Å². The van der Waals surface area contributed by atoms with Crippen LogP contribution in [0.15, 0.2) is 24.3 Å². The highest BCUT2D eigenvalue weighted by molar-refractivity contribution is 5.70. The molecule has 1 aliphatic rings. The second-order valence-electron chi connectivity index (χ2n) is 4.19. The monoisotopic (exact) mass is 221 g/mol. The van der Waals surface area contributed by atoms with Crippen LogP contribution in [0, 0.1) is 5.92 Å². The van der Waals surface area contributed by atoms with Crippen LogP contribution in [-0.2, 0) is 11.3 Å². The van der Waals surface area contributed by atoms with Crippen LogP contribution in [0.4, 0.5) is 0 Å². The predicted octanol–water partition coefficient (Wildman–Crippen LogP) is 1.30. The van der Waals surface area contributed by atoms with E-state index in [1.165, 1.54) is 0 Å². The number of aliphatic carboxylic acids is 1. The van der Waals surface area contributed by atoms with Gasteiger partial charge in [-0.15, -0.1) is 0 Å². The summed E-state index contributed by atoms with van der Waals surface area (Å²) in [6, 6.07) is 7.17. The van der Waals surface area contributed by atoms with Gasteiger partial charge in [0.25, 0.3) is 0 Å². The minimum absolute atomic E-state index is 0.258. The Morgan fingerprint density at radius 1 is 1.44 bits per heavy atom. The molecule has 0 radical (unpaired) electrons. The molecule has 2 N–H and O–H groups in total. The zero-order valence-electron chi connectivity index (χ0n) is 8.97. The average Bonchev–Trinajstić information content (AvgIpc) is 2.70. The number of carboxylic acids is 1. The van der Waals surface area contributed by atoms with Gasteiger partial charge in [0, 0.05) is 18.7 Å². The molecule has 0 saturated carbocycles. The molecule has 0 aromatic heterocycles. The molecule has 2 rings (SSSR count). The van der Waals surface area contributed by atoms with Gasteiger partial charge in [-0.1, -0.05) is 18.2 Å². The van der Waals surface area contributed by atoms with Crippen molar-refractivity contribution in [3.8, 4) is 5.75 Å². The van der Waals surface area contributed by atoms with Gasteiger partial charge >= 0.3 is 5.97 Å². The first-order chi connectivity index (χ1) is 7.66. The minimum atomic E-state index is -0.722. The highest BCUT2D eigenvalue weighted by atomic mass is 16.4. The van der Waals surface area contributed by atoms with E-state index >= 15 is 0 Å². The number of phenolic OH excluding ortho intramolecular Hbond substituents is 1. The Bertz CT molecular complexity index is 392. The van der Waals surface area contributed by atoms with Gasteiger partial charge in [0.05, 0.1) is 5.92 Å². The van der Waals surface area contributed by atoms with Crippen LogP contribution in [0.2, 0.25) is 0 Å². The third-order valence-corrected chi connectivity index (χ3v) is 3.01. The predicted molar refractivity (Wildman–Crippen MR) is 59.1 cm³/mol. The van der Waals surface area contributed by atoms with Crippen molar-refractivity contribution in [3.63, 3.8) is 0 Å². The molecule has 0 amide bonds. The number of carbonyl (C=O) groups is 1. The molecule has 1 aromatic rings. The smallest absolute Gasteiger partial charge is 0.307 e. The van der Waals surface area contributed by atoms with Crippen LogP contribution in [0.5, 0.6) is 5.75 Å². The second kappa shape index (κ2) is 4.53. The van der Waals surface area contributed by atoms with E-state index < -0.39 is 5.97 Å². The number of benzene rings is 1. The molecule has 1 saturated heterocycles. The zero-order valence-corrected chi connectivity index (χ0v) is 8.97. The Balaban J connectivity index is 1.97. The SMILES string of the molecule is O=C(O)[C@@H]1CCN(Cc2ccccc2O)C1. The van der Waals surface area contributed by atoms with Crippen LogP contribution in [0.3, 0.4) is 0 Å². The van der Waals surface area contributed by atoms with Gasteiger partial charge < -0.3 is 10.2 Å². The fraction of sp³-hybridized carbons (Fsp3) is 0.417. The van der Waals surface area contributed by atoms with Gasteiger partial charge in [-0.3, -0.25) is 9.69 Å². The lowest BCUT2D eigenvalue weighted by Crippen LogP contribution is -2.22. The Labute approximate surface area is 94.1 Å². The molecular weight excluding hydrogens is 206 g/mol. The number of para-hydroxylation sites is 1. The molecule has 1 atom stereocenters. The first-order valence-electron chi connectivity index (χ1n) is 5.39. The molecule has 1 fully saturated rings. The van der Waals surface area contributed by atoms with Crippen molar-refractivity contribution in [2.75, 3.05) is 13.1 Å². The molecule has 86 valence electrons. The molecule has 1 aromatic carbocycles. The maximum absolute atomic E-state index is 10.8. The molecule has 0 bridgehead atoms. The van der Waals surface area contributed by atoms with E-state index in [9.17, 15) is 9.90 Å². The van der Waals surface area contributed by atoms with Crippen molar-refractivity contribution in [2.24, 2.45) is 5.92 Å². The zero-order chi connectivity index (χ0) is 11.5. The van der Waals surface area contributed by atoms with Gasteiger partial charge in [-0.2, -0.15) is 0 Å². The summed E-state index contributed by atoms with van der Waals surface area (Å²) in [7, 11) is 0. The quantitative estimate of drug-likeness (QED) is 0.807. The van der Waals surface area contributed by atoms with E-state index in [1.54, 1.807) is 12.1 Å². The summed E-state index contributed by atoms with van der Waals surface area (Å²) in [5.74, 6) is -0.702. The fourth-order valence-corrected chi connectivity index (χ4v) is 2.06. The highest BCUT2D eigenvalue weighted by Crippen LogP contribution is 2.22. The van der Waals surface area contributed by atoms with Gasteiger partial charge in [0.2, 0.25) is 0 Å². The van der Waals surface area contributed by atoms with Crippen molar-refractivity contribution in [3.05, 3.63) is 29.8 Å². The van der Waals surface area contributed by atoms with Crippen molar-refractivity contribution < 1.29 is 15.0 Å². The number of phenols is 1. The summed E-state index contributed by atoms with van der Waals surface area (Å²) >= 11 is 0. The largest absolute Gasteiger partial charge is 0.508 e. The standard InChI is InChI=1S/C12H15NO3/c14-11-4-2-1-3-9(11)7-13-6-5-10(8-13)12(15)16/h1-4,10,14H,5-8H2,(H,15,16)/t10-/m1/s1. The molecule has 0 unspecified atom stereocenters. The molecular formula is C12H15NO3. The summed E-state index contributed by atoms with van der Waals surface area (Å²) in [5, 5.41) is 18.5. The number of rotatable bonds is 3. The van der Waals surface area contributed by atoms with Crippen LogP contribution in [0.1, 0.15) is 12.0 Å². The van der Waals surface area contributed by atoms with Crippen LogP contribution < -0.4 is 0 Å². The van der Waals surface area contributed by atoms with Gasteiger partial charge in [0.15, 0.2) is 0 Å². The highest BCUT2D eigenvalue weighted by Gasteiger charge is 2.27. The number of carboxylic acid groups (broad SMARTS) is 1.